The predicted molar refractivity (Wildman–Crippen MR) is 75.7 cm³/mol. The third-order valence-corrected chi connectivity index (χ3v) is 3.52. The number of hydrogen-bond acceptors (Lipinski definition) is 5. The van der Waals surface area contributed by atoms with E-state index in [4.69, 9.17) is 10.8 Å². The fourth-order valence-electron chi connectivity index (χ4n) is 1.69. The highest BCUT2D eigenvalue weighted by Crippen LogP contribution is 2.18. The van der Waals surface area contributed by atoms with Crippen LogP contribution in [0, 0.1) is 5.82 Å². The number of amides is 1. The number of thiazole rings is 1. The van der Waals surface area contributed by atoms with Crippen molar-refractivity contribution in [3.05, 3.63) is 45.7 Å². The molecule has 1 aromatic carbocycles. The number of rotatable bonds is 5. The molecule has 0 aliphatic carbocycles. The Morgan fingerprint density at radius 1 is 1.43 bits per heavy atom. The van der Waals surface area contributed by atoms with E-state index < -0.39 is 17.7 Å². The number of carboxylic acids is 1. The molecule has 1 aromatic heterocycles. The van der Waals surface area contributed by atoms with Gasteiger partial charge in [-0.1, -0.05) is 0 Å². The molecule has 8 heteroatoms. The van der Waals surface area contributed by atoms with Gasteiger partial charge in [-0.05, 0) is 18.2 Å². The van der Waals surface area contributed by atoms with Gasteiger partial charge in [0.15, 0.2) is 0 Å². The van der Waals surface area contributed by atoms with Crippen LogP contribution in [0.5, 0.6) is 0 Å². The second-order valence-corrected chi connectivity index (χ2v) is 5.10. The first-order valence-corrected chi connectivity index (χ1v) is 6.83. The second kappa shape index (κ2) is 6.42. The van der Waals surface area contributed by atoms with E-state index in [0.717, 1.165) is 12.1 Å². The summed E-state index contributed by atoms with van der Waals surface area (Å²) in [6.07, 6.45) is -0.00701. The maximum Gasteiger partial charge on any atom is 0.337 e. The van der Waals surface area contributed by atoms with Gasteiger partial charge < -0.3 is 16.2 Å². The molecule has 0 radical (unpaired) electrons. The standard InChI is InChI=1S/C13H12FN3O3S/c14-7-1-2-10(9(3-7)13(19)20)17-11(18)4-8-6-21-12(5-15)16-8/h1-3,6H,4-5,15H2,(H,17,18)(H,19,20). The van der Waals surface area contributed by atoms with Crippen LogP contribution in [0.1, 0.15) is 21.1 Å². The fourth-order valence-corrected chi connectivity index (χ4v) is 2.36. The van der Waals surface area contributed by atoms with Crippen molar-refractivity contribution in [1.82, 2.24) is 4.98 Å². The molecular formula is C13H12FN3O3S. The van der Waals surface area contributed by atoms with Crippen LogP contribution >= 0.6 is 11.3 Å². The summed E-state index contributed by atoms with van der Waals surface area (Å²) in [5.41, 5.74) is 5.73. The SMILES string of the molecule is NCc1nc(CC(=O)Nc2ccc(F)cc2C(=O)O)cs1. The van der Waals surface area contributed by atoms with E-state index in [9.17, 15) is 14.0 Å². The van der Waals surface area contributed by atoms with Gasteiger partial charge in [0.1, 0.15) is 10.8 Å². The molecule has 0 atom stereocenters. The number of aromatic nitrogens is 1. The Kier molecular flexibility index (Phi) is 4.61. The summed E-state index contributed by atoms with van der Waals surface area (Å²) in [5.74, 6) is -2.43. The largest absolute Gasteiger partial charge is 0.478 e. The molecule has 0 bridgehead atoms. The molecule has 0 spiro atoms. The molecular weight excluding hydrogens is 297 g/mol. The second-order valence-electron chi connectivity index (χ2n) is 4.16. The lowest BCUT2D eigenvalue weighted by Gasteiger charge is -2.07. The highest BCUT2D eigenvalue weighted by Gasteiger charge is 2.14. The summed E-state index contributed by atoms with van der Waals surface area (Å²) in [6, 6.07) is 3.15. The van der Waals surface area contributed by atoms with Crippen molar-refractivity contribution >= 4 is 28.9 Å². The predicted octanol–water partition coefficient (Wildman–Crippen LogP) is 1.62. The van der Waals surface area contributed by atoms with Crippen LogP contribution in [0.4, 0.5) is 10.1 Å². The minimum atomic E-state index is -1.32. The van der Waals surface area contributed by atoms with Gasteiger partial charge in [-0.15, -0.1) is 11.3 Å². The number of carbonyl (C=O) groups is 2. The lowest BCUT2D eigenvalue weighted by Crippen LogP contribution is -2.17. The summed E-state index contributed by atoms with van der Waals surface area (Å²) in [4.78, 5) is 27.0. The minimum absolute atomic E-state index is 0.00701. The highest BCUT2D eigenvalue weighted by atomic mass is 32.1. The lowest BCUT2D eigenvalue weighted by molar-refractivity contribution is -0.115. The van der Waals surface area contributed by atoms with E-state index in [-0.39, 0.29) is 17.7 Å². The highest BCUT2D eigenvalue weighted by molar-refractivity contribution is 7.09. The Bertz CT molecular complexity index is 687. The molecule has 1 amide bonds. The van der Waals surface area contributed by atoms with Gasteiger partial charge in [0.2, 0.25) is 5.91 Å². The van der Waals surface area contributed by atoms with Gasteiger partial charge in [-0.3, -0.25) is 4.79 Å². The van der Waals surface area contributed by atoms with Crippen molar-refractivity contribution in [3.63, 3.8) is 0 Å². The fraction of sp³-hybridized carbons (Fsp3) is 0.154. The quantitative estimate of drug-likeness (QED) is 0.778. The first-order valence-electron chi connectivity index (χ1n) is 5.95. The smallest absolute Gasteiger partial charge is 0.337 e. The number of hydrogen-bond donors (Lipinski definition) is 3. The molecule has 4 N–H and O–H groups in total. The van der Waals surface area contributed by atoms with E-state index in [0.29, 0.717) is 17.2 Å². The molecule has 0 fully saturated rings. The van der Waals surface area contributed by atoms with E-state index in [1.165, 1.54) is 17.4 Å². The Morgan fingerprint density at radius 3 is 2.81 bits per heavy atom. The van der Waals surface area contributed by atoms with Crippen LogP contribution in [0.3, 0.4) is 0 Å². The summed E-state index contributed by atoms with van der Waals surface area (Å²) in [7, 11) is 0. The molecule has 0 saturated heterocycles. The van der Waals surface area contributed by atoms with Gasteiger partial charge in [-0.25, -0.2) is 14.2 Å². The van der Waals surface area contributed by atoms with E-state index in [1.807, 2.05) is 0 Å². The zero-order valence-electron chi connectivity index (χ0n) is 10.8. The van der Waals surface area contributed by atoms with Gasteiger partial charge in [0.05, 0.1) is 23.4 Å². The Balaban J connectivity index is 2.10. The Hall–Kier alpha value is -2.32. The van der Waals surface area contributed by atoms with Crippen molar-refractivity contribution in [3.8, 4) is 0 Å². The molecule has 6 nitrogen and oxygen atoms in total. The maximum atomic E-state index is 13.0. The summed E-state index contributed by atoms with van der Waals surface area (Å²) >= 11 is 1.35. The first kappa shape index (κ1) is 15.1. The van der Waals surface area contributed by atoms with Crippen molar-refractivity contribution < 1.29 is 19.1 Å². The molecule has 0 saturated carbocycles. The lowest BCUT2D eigenvalue weighted by atomic mass is 10.1. The van der Waals surface area contributed by atoms with Crippen LogP contribution < -0.4 is 11.1 Å². The molecule has 1 heterocycles. The van der Waals surface area contributed by atoms with Crippen LogP contribution in [-0.4, -0.2) is 22.0 Å². The number of nitrogens with two attached hydrogens (primary N) is 1. The average Bonchev–Trinajstić information content (AvgIpc) is 2.88. The molecule has 0 unspecified atom stereocenters. The topological polar surface area (TPSA) is 105 Å². The minimum Gasteiger partial charge on any atom is -0.478 e. The molecule has 110 valence electrons. The van der Waals surface area contributed by atoms with Crippen molar-refractivity contribution in [2.24, 2.45) is 5.73 Å². The number of nitrogens with one attached hydrogen (secondary N) is 1. The summed E-state index contributed by atoms with van der Waals surface area (Å²) in [6.45, 7) is 0.299. The number of benzene rings is 1. The van der Waals surface area contributed by atoms with E-state index >= 15 is 0 Å². The number of carboxylic acid groups (broad SMARTS) is 1. The summed E-state index contributed by atoms with van der Waals surface area (Å²) in [5, 5.41) is 13.9. The number of carbonyl (C=O) groups excluding carboxylic acids is 1. The van der Waals surface area contributed by atoms with Crippen LogP contribution in [0.2, 0.25) is 0 Å². The molecule has 0 aliphatic rings. The average molecular weight is 309 g/mol. The molecule has 2 rings (SSSR count). The zero-order chi connectivity index (χ0) is 15.4. The van der Waals surface area contributed by atoms with Gasteiger partial charge in [0.25, 0.3) is 0 Å². The van der Waals surface area contributed by atoms with E-state index in [1.54, 1.807) is 5.38 Å². The molecule has 21 heavy (non-hydrogen) atoms. The van der Waals surface area contributed by atoms with Crippen molar-refractivity contribution in [2.45, 2.75) is 13.0 Å². The zero-order valence-corrected chi connectivity index (χ0v) is 11.6. The first-order chi connectivity index (χ1) is 9.99. The summed E-state index contributed by atoms with van der Waals surface area (Å²) < 4.78 is 13.0. The normalized spacial score (nSPS) is 10.4. The van der Waals surface area contributed by atoms with Gasteiger partial charge in [-0.2, -0.15) is 0 Å². The van der Waals surface area contributed by atoms with Gasteiger partial charge >= 0.3 is 5.97 Å². The number of halogens is 1. The Morgan fingerprint density at radius 2 is 2.19 bits per heavy atom. The molecule has 0 aliphatic heterocycles. The monoisotopic (exact) mass is 309 g/mol. The Labute approximate surface area is 123 Å². The van der Waals surface area contributed by atoms with Crippen molar-refractivity contribution in [2.75, 3.05) is 5.32 Å². The number of aromatic carboxylic acids is 1. The number of nitrogens with zero attached hydrogens (tertiary/aromatic N) is 1. The third-order valence-electron chi connectivity index (χ3n) is 2.60. The number of anilines is 1. The van der Waals surface area contributed by atoms with Crippen LogP contribution in [0.25, 0.3) is 0 Å². The van der Waals surface area contributed by atoms with Crippen LogP contribution in [0.15, 0.2) is 23.6 Å². The third kappa shape index (κ3) is 3.83. The maximum absolute atomic E-state index is 13.0. The molecule has 2 aromatic rings. The van der Waals surface area contributed by atoms with Gasteiger partial charge in [0, 0.05) is 11.9 Å². The van der Waals surface area contributed by atoms with Crippen molar-refractivity contribution in [1.29, 1.82) is 0 Å². The van der Waals surface area contributed by atoms with Crippen LogP contribution in [-0.2, 0) is 17.8 Å². The van der Waals surface area contributed by atoms with E-state index in [2.05, 4.69) is 10.3 Å².